The molecule has 0 saturated heterocycles. The number of halogens is 1. The quantitative estimate of drug-likeness (QED) is 0.712. The van der Waals surface area contributed by atoms with Crippen molar-refractivity contribution in [2.45, 2.75) is 19.5 Å². The van der Waals surface area contributed by atoms with Gasteiger partial charge in [0.25, 0.3) is 5.91 Å². The molecular formula is C20H22ClN2O2+. The fraction of sp³-hybridized carbons (Fsp3) is 0.250. The summed E-state index contributed by atoms with van der Waals surface area (Å²) in [6.07, 6.45) is 0. The van der Waals surface area contributed by atoms with Crippen LogP contribution in [0.3, 0.4) is 0 Å². The molecule has 1 aromatic heterocycles. The average molecular weight is 358 g/mol. The van der Waals surface area contributed by atoms with Gasteiger partial charge in [-0.25, -0.2) is 0 Å². The second kappa shape index (κ2) is 7.72. The molecular weight excluding hydrogens is 336 g/mol. The topological polar surface area (TPSA) is 46.7 Å². The van der Waals surface area contributed by atoms with Gasteiger partial charge < -0.3 is 14.6 Å². The third kappa shape index (κ3) is 4.62. The van der Waals surface area contributed by atoms with Crippen molar-refractivity contribution in [1.82, 2.24) is 5.32 Å². The van der Waals surface area contributed by atoms with Crippen LogP contribution >= 0.6 is 11.6 Å². The molecule has 1 heterocycles. The van der Waals surface area contributed by atoms with E-state index in [1.807, 2.05) is 68.6 Å². The highest BCUT2D eigenvalue weighted by atomic mass is 35.5. The lowest BCUT2D eigenvalue weighted by molar-refractivity contribution is -0.885. The lowest BCUT2D eigenvalue weighted by Crippen LogP contribution is -3.08. The molecule has 0 aliphatic heterocycles. The van der Waals surface area contributed by atoms with Crippen molar-refractivity contribution in [3.8, 4) is 0 Å². The van der Waals surface area contributed by atoms with E-state index in [-0.39, 0.29) is 11.9 Å². The molecule has 4 nitrogen and oxygen atoms in total. The number of fused-ring (bicyclic) bond motifs is 1. The molecule has 0 radical (unpaired) electrons. The smallest absolute Gasteiger partial charge is 0.275 e. The van der Waals surface area contributed by atoms with Crippen LogP contribution < -0.4 is 10.2 Å². The molecule has 2 N–H and O–H groups in total. The molecule has 0 aliphatic carbocycles. The van der Waals surface area contributed by atoms with E-state index in [0.717, 1.165) is 38.8 Å². The molecule has 5 heteroatoms. The number of likely N-dealkylation sites (N-methyl/N-ethyl adjacent to an activating group) is 1. The first-order valence-corrected chi connectivity index (χ1v) is 8.72. The van der Waals surface area contributed by atoms with E-state index in [1.165, 1.54) is 0 Å². The van der Waals surface area contributed by atoms with Gasteiger partial charge in [-0.3, -0.25) is 4.79 Å². The minimum absolute atomic E-state index is 0.000537. The molecule has 2 aromatic carbocycles. The maximum absolute atomic E-state index is 12.3. The van der Waals surface area contributed by atoms with Crippen molar-refractivity contribution in [3.05, 3.63) is 70.9 Å². The summed E-state index contributed by atoms with van der Waals surface area (Å²) in [7, 11) is 2.00. The fourth-order valence-electron chi connectivity index (χ4n) is 2.87. The Morgan fingerprint density at radius 3 is 2.64 bits per heavy atom. The van der Waals surface area contributed by atoms with E-state index in [9.17, 15) is 4.79 Å². The lowest BCUT2D eigenvalue weighted by Gasteiger charge is -2.16. The molecule has 0 spiro atoms. The molecule has 130 valence electrons. The molecule has 3 rings (SSSR count). The summed E-state index contributed by atoms with van der Waals surface area (Å²) in [6, 6.07) is 17.4. The van der Waals surface area contributed by atoms with Crippen molar-refractivity contribution in [2.75, 3.05) is 13.6 Å². The zero-order chi connectivity index (χ0) is 17.8. The monoisotopic (exact) mass is 357 g/mol. The summed E-state index contributed by atoms with van der Waals surface area (Å²) in [5.41, 5.74) is 1.99. The summed E-state index contributed by atoms with van der Waals surface area (Å²) in [4.78, 5) is 13.4. The number of hydrogen-bond donors (Lipinski definition) is 2. The Kier molecular flexibility index (Phi) is 5.41. The van der Waals surface area contributed by atoms with Gasteiger partial charge in [-0.05, 0) is 31.2 Å². The van der Waals surface area contributed by atoms with Crippen LogP contribution in [0.15, 0.2) is 59.0 Å². The number of furan rings is 1. The summed E-state index contributed by atoms with van der Waals surface area (Å²) in [5.74, 6) is 0.768. The van der Waals surface area contributed by atoms with Crippen LogP contribution in [0, 0.1) is 0 Å². The van der Waals surface area contributed by atoms with E-state index in [0.29, 0.717) is 6.54 Å². The third-order valence-corrected chi connectivity index (χ3v) is 4.38. The highest BCUT2D eigenvalue weighted by Gasteiger charge is 2.17. The number of carbonyl (C=O) groups is 1. The maximum Gasteiger partial charge on any atom is 0.275 e. The highest BCUT2D eigenvalue weighted by molar-refractivity contribution is 6.30. The van der Waals surface area contributed by atoms with E-state index < -0.39 is 0 Å². The van der Waals surface area contributed by atoms with E-state index in [2.05, 4.69) is 5.32 Å². The highest BCUT2D eigenvalue weighted by Crippen LogP contribution is 2.23. The van der Waals surface area contributed by atoms with Crippen LogP contribution in [0.5, 0.6) is 0 Å². The van der Waals surface area contributed by atoms with Gasteiger partial charge in [0.05, 0.1) is 13.1 Å². The zero-order valence-electron chi connectivity index (χ0n) is 14.4. The Bertz CT molecular complexity index is 825. The Hall–Kier alpha value is -2.30. The molecule has 0 saturated carbocycles. The summed E-state index contributed by atoms with van der Waals surface area (Å²) in [5, 5.41) is 4.77. The summed E-state index contributed by atoms with van der Waals surface area (Å²) in [6.45, 7) is 3.10. The largest absolute Gasteiger partial charge is 0.459 e. The Morgan fingerprint density at radius 2 is 1.92 bits per heavy atom. The predicted molar refractivity (Wildman–Crippen MR) is 99.7 cm³/mol. The van der Waals surface area contributed by atoms with Gasteiger partial charge in [-0.2, -0.15) is 0 Å². The third-order valence-electron chi connectivity index (χ3n) is 4.13. The number of nitrogens with one attached hydrogen (secondary N) is 2. The first kappa shape index (κ1) is 17.5. The number of amides is 1. The van der Waals surface area contributed by atoms with Crippen molar-refractivity contribution in [3.63, 3.8) is 0 Å². The van der Waals surface area contributed by atoms with Crippen molar-refractivity contribution < 1.29 is 14.1 Å². The SMILES string of the molecule is C[C@@H](NC(=O)C[NH+](C)Cc1ccc(Cl)cc1)c1cc2ccccc2o1. The summed E-state index contributed by atoms with van der Waals surface area (Å²) >= 11 is 5.90. The normalized spacial score (nSPS) is 13.6. The van der Waals surface area contributed by atoms with Gasteiger partial charge >= 0.3 is 0 Å². The number of hydrogen-bond acceptors (Lipinski definition) is 2. The van der Waals surface area contributed by atoms with Crippen LogP contribution in [-0.2, 0) is 11.3 Å². The van der Waals surface area contributed by atoms with Gasteiger partial charge in [-0.15, -0.1) is 0 Å². The van der Waals surface area contributed by atoms with Gasteiger partial charge in [0.1, 0.15) is 17.9 Å². The Morgan fingerprint density at radius 1 is 1.20 bits per heavy atom. The van der Waals surface area contributed by atoms with Crippen molar-refractivity contribution in [1.29, 1.82) is 0 Å². The Labute approximate surface area is 152 Å². The van der Waals surface area contributed by atoms with Crippen LogP contribution in [0.4, 0.5) is 0 Å². The van der Waals surface area contributed by atoms with Crippen molar-refractivity contribution >= 4 is 28.5 Å². The maximum atomic E-state index is 12.3. The Balaban J connectivity index is 1.55. The average Bonchev–Trinajstić information content (AvgIpc) is 3.01. The van der Waals surface area contributed by atoms with Crippen molar-refractivity contribution in [2.24, 2.45) is 0 Å². The molecule has 2 atom stereocenters. The zero-order valence-corrected chi connectivity index (χ0v) is 15.1. The minimum Gasteiger partial charge on any atom is -0.459 e. The number of quaternary nitrogens is 1. The van der Waals surface area contributed by atoms with E-state index in [1.54, 1.807) is 0 Å². The van der Waals surface area contributed by atoms with Gasteiger partial charge in [0.2, 0.25) is 0 Å². The standard InChI is InChI=1S/C20H21ClN2O2/c1-14(19-11-16-5-3-4-6-18(16)25-19)22-20(24)13-23(2)12-15-7-9-17(21)10-8-15/h3-11,14H,12-13H2,1-2H3,(H,22,24)/p+1/t14-/m1/s1. The second-order valence-electron chi connectivity index (χ2n) is 6.41. The van der Waals surface area contributed by atoms with Crippen LogP contribution in [-0.4, -0.2) is 19.5 Å². The van der Waals surface area contributed by atoms with Gasteiger partial charge in [0.15, 0.2) is 6.54 Å². The molecule has 25 heavy (non-hydrogen) atoms. The second-order valence-corrected chi connectivity index (χ2v) is 6.85. The molecule has 1 amide bonds. The van der Waals surface area contributed by atoms with Crippen LogP contribution in [0.2, 0.25) is 5.02 Å². The predicted octanol–water partition coefficient (Wildman–Crippen LogP) is 2.98. The molecule has 0 bridgehead atoms. The number of carbonyl (C=O) groups excluding carboxylic acids is 1. The van der Waals surface area contributed by atoms with E-state index >= 15 is 0 Å². The van der Waals surface area contributed by atoms with Gasteiger partial charge in [0, 0.05) is 16.0 Å². The first-order valence-electron chi connectivity index (χ1n) is 8.35. The number of rotatable bonds is 6. The van der Waals surface area contributed by atoms with Crippen LogP contribution in [0.1, 0.15) is 24.3 Å². The lowest BCUT2D eigenvalue weighted by atomic mass is 10.2. The van der Waals surface area contributed by atoms with E-state index in [4.69, 9.17) is 16.0 Å². The molecule has 1 unspecified atom stereocenters. The van der Waals surface area contributed by atoms with Crippen LogP contribution in [0.25, 0.3) is 11.0 Å². The number of para-hydroxylation sites is 1. The fourth-order valence-corrected chi connectivity index (χ4v) is 2.99. The summed E-state index contributed by atoms with van der Waals surface area (Å²) < 4.78 is 5.81. The number of benzene rings is 2. The molecule has 0 aliphatic rings. The first-order chi connectivity index (χ1) is 12.0. The van der Waals surface area contributed by atoms with Gasteiger partial charge in [-0.1, -0.05) is 41.9 Å². The molecule has 3 aromatic rings. The molecule has 0 fully saturated rings. The minimum atomic E-state index is -0.164.